The fraction of sp³-hybridized carbons (Fsp3) is 0.222. The van der Waals surface area contributed by atoms with Gasteiger partial charge in [0.15, 0.2) is 0 Å². The molecule has 0 N–H and O–H groups in total. The zero-order valence-electron chi connectivity index (χ0n) is 18.6. The molecule has 0 saturated carbocycles. The molecule has 2 heterocycles. The number of rotatable bonds is 5. The molecule has 0 atom stereocenters. The van der Waals surface area contributed by atoms with Crippen molar-refractivity contribution in [2.75, 3.05) is 39.3 Å². The summed E-state index contributed by atoms with van der Waals surface area (Å²) in [4.78, 5) is 43.8. The SMILES string of the molecule is O=C(C=Cc1ccc(F)cc1)N1CCN(CCN2C(=O)c3cccc4cccc(c34)C2=O)CC1. The molecule has 0 unspecified atom stereocenters. The summed E-state index contributed by atoms with van der Waals surface area (Å²) in [5.41, 5.74) is 1.90. The summed E-state index contributed by atoms with van der Waals surface area (Å²) in [5, 5.41) is 1.63. The van der Waals surface area contributed by atoms with Crippen LogP contribution in [0.25, 0.3) is 16.8 Å². The molecule has 34 heavy (non-hydrogen) atoms. The maximum absolute atomic E-state index is 13.0. The van der Waals surface area contributed by atoms with Gasteiger partial charge in [0.1, 0.15) is 5.82 Å². The molecule has 0 aliphatic carbocycles. The van der Waals surface area contributed by atoms with Gasteiger partial charge in [-0.05, 0) is 41.3 Å². The summed E-state index contributed by atoms with van der Waals surface area (Å²) in [6, 6.07) is 17.0. The fourth-order valence-corrected chi connectivity index (χ4v) is 4.56. The lowest BCUT2D eigenvalue weighted by Gasteiger charge is -2.35. The molecule has 0 spiro atoms. The highest BCUT2D eigenvalue weighted by Gasteiger charge is 2.33. The summed E-state index contributed by atoms with van der Waals surface area (Å²) >= 11 is 0. The quantitative estimate of drug-likeness (QED) is 0.435. The molecule has 7 heteroatoms. The number of halogens is 1. The Morgan fingerprint density at radius 1 is 0.824 bits per heavy atom. The molecule has 5 rings (SSSR count). The number of benzene rings is 3. The molecule has 2 aliphatic rings. The van der Waals surface area contributed by atoms with E-state index in [1.54, 1.807) is 35.2 Å². The highest BCUT2D eigenvalue weighted by molar-refractivity contribution is 6.25. The van der Waals surface area contributed by atoms with E-state index in [0.717, 1.165) is 16.3 Å². The third-order valence-electron chi connectivity index (χ3n) is 6.47. The van der Waals surface area contributed by atoms with Crippen molar-refractivity contribution >= 4 is 34.6 Å². The Balaban J connectivity index is 1.17. The van der Waals surface area contributed by atoms with Crippen LogP contribution in [0.15, 0.2) is 66.7 Å². The van der Waals surface area contributed by atoms with Crippen LogP contribution >= 0.6 is 0 Å². The van der Waals surface area contributed by atoms with Gasteiger partial charge in [-0.15, -0.1) is 0 Å². The van der Waals surface area contributed by atoms with Crippen molar-refractivity contribution in [3.05, 3.63) is 89.2 Å². The second-order valence-electron chi connectivity index (χ2n) is 8.52. The van der Waals surface area contributed by atoms with Gasteiger partial charge in [-0.2, -0.15) is 0 Å². The average Bonchev–Trinajstić information content (AvgIpc) is 2.87. The van der Waals surface area contributed by atoms with E-state index in [2.05, 4.69) is 4.90 Å². The Morgan fingerprint density at radius 3 is 2.06 bits per heavy atom. The normalized spacial score (nSPS) is 16.6. The Kier molecular flexibility index (Phi) is 5.94. The Labute approximate surface area is 196 Å². The van der Waals surface area contributed by atoms with Crippen molar-refractivity contribution in [3.63, 3.8) is 0 Å². The first-order valence-electron chi connectivity index (χ1n) is 11.3. The summed E-state index contributed by atoms with van der Waals surface area (Å²) < 4.78 is 13.0. The molecule has 1 fully saturated rings. The molecule has 172 valence electrons. The Hall–Kier alpha value is -3.84. The van der Waals surface area contributed by atoms with Gasteiger partial charge in [0.05, 0.1) is 0 Å². The van der Waals surface area contributed by atoms with E-state index in [-0.39, 0.29) is 23.5 Å². The number of amides is 3. The van der Waals surface area contributed by atoms with Crippen molar-refractivity contribution in [2.24, 2.45) is 0 Å². The number of piperazine rings is 1. The molecule has 2 aliphatic heterocycles. The van der Waals surface area contributed by atoms with E-state index < -0.39 is 0 Å². The van der Waals surface area contributed by atoms with E-state index in [9.17, 15) is 18.8 Å². The van der Waals surface area contributed by atoms with Gasteiger partial charge in [-0.3, -0.25) is 24.2 Å². The summed E-state index contributed by atoms with van der Waals surface area (Å²) in [6.45, 7) is 3.33. The molecule has 0 radical (unpaired) electrons. The largest absolute Gasteiger partial charge is 0.337 e. The second kappa shape index (κ2) is 9.19. The first kappa shape index (κ1) is 22.0. The zero-order chi connectivity index (χ0) is 23.7. The number of nitrogens with zero attached hydrogens (tertiary/aromatic N) is 3. The van der Waals surface area contributed by atoms with E-state index in [1.165, 1.54) is 23.1 Å². The topological polar surface area (TPSA) is 60.9 Å². The Morgan fingerprint density at radius 2 is 1.44 bits per heavy atom. The van der Waals surface area contributed by atoms with Crippen molar-refractivity contribution in [1.29, 1.82) is 0 Å². The monoisotopic (exact) mass is 457 g/mol. The van der Waals surface area contributed by atoms with Crippen LogP contribution in [0.2, 0.25) is 0 Å². The number of carbonyl (C=O) groups is 3. The van der Waals surface area contributed by atoms with Gasteiger partial charge in [-0.25, -0.2) is 4.39 Å². The highest BCUT2D eigenvalue weighted by Crippen LogP contribution is 2.29. The molecule has 0 bridgehead atoms. The third kappa shape index (κ3) is 4.22. The third-order valence-corrected chi connectivity index (χ3v) is 6.47. The van der Waals surface area contributed by atoms with E-state index in [1.807, 2.05) is 24.3 Å². The molecule has 3 amide bonds. The van der Waals surface area contributed by atoms with Crippen LogP contribution in [0.1, 0.15) is 26.3 Å². The van der Waals surface area contributed by atoms with E-state index >= 15 is 0 Å². The van der Waals surface area contributed by atoms with Crippen molar-refractivity contribution in [2.45, 2.75) is 0 Å². The summed E-state index contributed by atoms with van der Waals surface area (Å²) in [5.74, 6) is -0.910. The number of hydrogen-bond donors (Lipinski definition) is 0. The minimum absolute atomic E-state index is 0.0879. The van der Waals surface area contributed by atoms with Crippen LogP contribution in [0.5, 0.6) is 0 Å². The van der Waals surface area contributed by atoms with E-state index in [0.29, 0.717) is 50.4 Å². The predicted molar refractivity (Wildman–Crippen MR) is 128 cm³/mol. The van der Waals surface area contributed by atoms with Crippen LogP contribution in [0, 0.1) is 5.82 Å². The van der Waals surface area contributed by atoms with Crippen molar-refractivity contribution in [3.8, 4) is 0 Å². The lowest BCUT2D eigenvalue weighted by atomic mass is 9.94. The molecule has 0 aromatic heterocycles. The molecule has 3 aromatic rings. The van der Waals surface area contributed by atoms with Gasteiger partial charge < -0.3 is 4.90 Å². The highest BCUT2D eigenvalue weighted by atomic mass is 19.1. The summed E-state index contributed by atoms with van der Waals surface area (Å²) in [7, 11) is 0. The zero-order valence-corrected chi connectivity index (χ0v) is 18.6. The lowest BCUT2D eigenvalue weighted by Crippen LogP contribution is -2.51. The van der Waals surface area contributed by atoms with Crippen LogP contribution in [-0.4, -0.2) is 71.7 Å². The van der Waals surface area contributed by atoms with Crippen LogP contribution in [0.4, 0.5) is 4.39 Å². The maximum atomic E-state index is 13.0. The van der Waals surface area contributed by atoms with Crippen molar-refractivity contribution in [1.82, 2.24) is 14.7 Å². The standard InChI is InChI=1S/C27H24FN3O3/c28-21-10-7-19(8-11-21)9-12-24(32)30-16-13-29(14-17-30)15-18-31-26(33)22-5-1-3-20-4-2-6-23(25(20)22)27(31)34/h1-12H,13-18H2. The maximum Gasteiger partial charge on any atom is 0.261 e. The number of carbonyl (C=O) groups excluding carboxylic acids is 3. The molecule has 1 saturated heterocycles. The van der Waals surface area contributed by atoms with Crippen LogP contribution in [0.3, 0.4) is 0 Å². The van der Waals surface area contributed by atoms with Gasteiger partial charge in [-0.1, -0.05) is 36.4 Å². The first-order chi connectivity index (χ1) is 16.5. The smallest absolute Gasteiger partial charge is 0.261 e. The number of hydrogen-bond acceptors (Lipinski definition) is 4. The van der Waals surface area contributed by atoms with Gasteiger partial charge in [0, 0.05) is 61.9 Å². The Bertz CT molecular complexity index is 1240. The second-order valence-corrected chi connectivity index (χ2v) is 8.52. The first-order valence-corrected chi connectivity index (χ1v) is 11.3. The van der Waals surface area contributed by atoms with Crippen LogP contribution < -0.4 is 0 Å². The lowest BCUT2D eigenvalue weighted by molar-refractivity contribution is -0.127. The average molecular weight is 458 g/mol. The van der Waals surface area contributed by atoms with Crippen molar-refractivity contribution < 1.29 is 18.8 Å². The minimum Gasteiger partial charge on any atom is -0.337 e. The van der Waals surface area contributed by atoms with E-state index in [4.69, 9.17) is 0 Å². The molecule has 3 aromatic carbocycles. The molecule has 6 nitrogen and oxygen atoms in total. The predicted octanol–water partition coefficient (Wildman–Crippen LogP) is 3.43. The van der Waals surface area contributed by atoms with Gasteiger partial charge in [0.25, 0.3) is 11.8 Å². The minimum atomic E-state index is -0.311. The van der Waals surface area contributed by atoms with Crippen LogP contribution in [-0.2, 0) is 4.79 Å². The molecular weight excluding hydrogens is 433 g/mol. The summed E-state index contributed by atoms with van der Waals surface area (Å²) in [6.07, 6.45) is 3.19. The number of imide groups is 1. The van der Waals surface area contributed by atoms with Gasteiger partial charge in [0.2, 0.25) is 5.91 Å². The van der Waals surface area contributed by atoms with Gasteiger partial charge >= 0.3 is 0 Å². The molecular formula is C27H24FN3O3. The fourth-order valence-electron chi connectivity index (χ4n) is 4.56.